The third-order valence-corrected chi connectivity index (χ3v) is 3.59. The van der Waals surface area contributed by atoms with Crippen LogP contribution in [0.4, 0.5) is 5.69 Å². The van der Waals surface area contributed by atoms with Crippen LogP contribution >= 0.6 is 11.6 Å². The van der Waals surface area contributed by atoms with Gasteiger partial charge in [-0.2, -0.15) is 0 Å². The van der Waals surface area contributed by atoms with Crippen molar-refractivity contribution in [3.8, 4) is 5.75 Å². The van der Waals surface area contributed by atoms with Crippen LogP contribution in [0.1, 0.15) is 19.8 Å². The molecule has 0 bridgehead atoms. The monoisotopic (exact) mass is 340 g/mol. The fourth-order valence-electron chi connectivity index (χ4n) is 2.32. The van der Waals surface area contributed by atoms with Crippen LogP contribution in [-0.4, -0.2) is 42.1 Å². The van der Waals surface area contributed by atoms with E-state index in [1.807, 2.05) is 6.92 Å². The second kappa shape index (κ2) is 7.32. The van der Waals surface area contributed by atoms with Crippen molar-refractivity contribution >= 4 is 35.1 Å². The zero-order valence-corrected chi connectivity index (χ0v) is 13.3. The molecule has 1 atom stereocenters. The maximum Gasteiger partial charge on any atom is 0.331 e. The Kier molecular flexibility index (Phi) is 5.44. The summed E-state index contributed by atoms with van der Waals surface area (Å²) in [7, 11) is 0. The van der Waals surface area contributed by atoms with Gasteiger partial charge in [-0.25, -0.2) is 9.59 Å². The zero-order chi connectivity index (χ0) is 17.0. The highest BCUT2D eigenvalue weighted by atomic mass is 35.5. The maximum atomic E-state index is 12.1. The molecule has 1 aromatic rings. The molecule has 1 aliphatic rings. The van der Waals surface area contributed by atoms with Crippen LogP contribution in [0.3, 0.4) is 0 Å². The lowest BCUT2D eigenvalue weighted by Gasteiger charge is -2.29. The topological polar surface area (TPSA) is 95.9 Å². The van der Waals surface area contributed by atoms with E-state index in [4.69, 9.17) is 21.4 Å². The minimum absolute atomic E-state index is 0.105. The van der Waals surface area contributed by atoms with Gasteiger partial charge < -0.3 is 20.1 Å². The molecule has 0 saturated heterocycles. The molecule has 0 saturated carbocycles. The molecular weight excluding hydrogens is 324 g/mol. The van der Waals surface area contributed by atoms with Gasteiger partial charge in [-0.3, -0.25) is 4.79 Å². The molecule has 1 aromatic carbocycles. The first kappa shape index (κ1) is 17.1. The van der Waals surface area contributed by atoms with Gasteiger partial charge in [0, 0.05) is 5.02 Å². The van der Waals surface area contributed by atoms with Gasteiger partial charge in [0.25, 0.3) is 0 Å². The van der Waals surface area contributed by atoms with Crippen molar-refractivity contribution in [1.82, 2.24) is 5.32 Å². The number of nitrogens with zero attached hydrogens (tertiary/aromatic N) is 1. The summed E-state index contributed by atoms with van der Waals surface area (Å²) in [6.45, 7) is 1.57. The first-order chi connectivity index (χ1) is 10.9. The number of benzene rings is 1. The molecule has 0 spiro atoms. The number of amides is 1. The zero-order valence-electron chi connectivity index (χ0n) is 12.5. The summed E-state index contributed by atoms with van der Waals surface area (Å²) in [6.07, 6.45) is 0.970. The number of aliphatic carboxylic acids is 1. The number of ether oxygens (including phenoxy) is 1. The van der Waals surface area contributed by atoms with Gasteiger partial charge in [-0.1, -0.05) is 24.9 Å². The predicted octanol–water partition coefficient (Wildman–Crippen LogP) is 1.43. The van der Waals surface area contributed by atoms with E-state index in [9.17, 15) is 14.4 Å². The fourth-order valence-corrected chi connectivity index (χ4v) is 2.49. The second-order valence-corrected chi connectivity index (χ2v) is 5.63. The van der Waals surface area contributed by atoms with Crippen molar-refractivity contribution in [1.29, 1.82) is 0 Å². The van der Waals surface area contributed by atoms with Gasteiger partial charge >= 0.3 is 11.9 Å². The first-order valence-electron chi connectivity index (χ1n) is 7.18. The van der Waals surface area contributed by atoms with Gasteiger partial charge in [-0.05, 0) is 24.6 Å². The molecule has 23 heavy (non-hydrogen) atoms. The average molecular weight is 341 g/mol. The summed E-state index contributed by atoms with van der Waals surface area (Å²) in [4.78, 5) is 36.3. The quantitative estimate of drug-likeness (QED) is 0.601. The maximum absolute atomic E-state index is 12.1. The lowest BCUT2D eigenvalue weighted by Crippen LogP contribution is -2.48. The third kappa shape index (κ3) is 4.35. The molecule has 1 heterocycles. The lowest BCUT2D eigenvalue weighted by molar-refractivity contribution is -0.142. The Morgan fingerprint density at radius 1 is 1.48 bits per heavy atom. The Bertz CT molecular complexity index is 634. The Balaban J connectivity index is 2.10. The normalized spacial score (nSPS) is 14.7. The smallest absolute Gasteiger partial charge is 0.331 e. The Hall–Kier alpha value is -2.28. The molecule has 0 radical (unpaired) electrons. The number of hydrogen-bond donors (Lipinski definition) is 2. The van der Waals surface area contributed by atoms with E-state index in [0.717, 1.165) is 0 Å². The minimum atomic E-state index is -1.08. The molecule has 2 N–H and O–H groups in total. The Morgan fingerprint density at radius 2 is 2.22 bits per heavy atom. The SMILES string of the molecule is CCCC(NC(=O)CN1CC(=O)Oc2ccc(Cl)cc21)C(=O)O. The van der Waals surface area contributed by atoms with Gasteiger partial charge in [0.15, 0.2) is 5.75 Å². The van der Waals surface area contributed by atoms with Gasteiger partial charge in [-0.15, -0.1) is 0 Å². The van der Waals surface area contributed by atoms with Crippen molar-refractivity contribution in [2.45, 2.75) is 25.8 Å². The van der Waals surface area contributed by atoms with Gasteiger partial charge in [0.2, 0.25) is 5.91 Å². The van der Waals surface area contributed by atoms with Gasteiger partial charge in [0.1, 0.15) is 12.6 Å². The molecule has 0 aliphatic carbocycles. The number of nitrogens with one attached hydrogen (secondary N) is 1. The highest BCUT2D eigenvalue weighted by molar-refractivity contribution is 6.31. The summed E-state index contributed by atoms with van der Waals surface area (Å²) >= 11 is 5.94. The van der Waals surface area contributed by atoms with E-state index in [1.165, 1.54) is 4.90 Å². The number of hydrogen-bond acceptors (Lipinski definition) is 5. The summed E-state index contributed by atoms with van der Waals surface area (Å²) in [5.41, 5.74) is 0.523. The molecular formula is C15H17ClN2O5. The molecule has 124 valence electrons. The van der Waals surface area contributed by atoms with Crippen LogP contribution in [0.5, 0.6) is 5.75 Å². The number of anilines is 1. The van der Waals surface area contributed by atoms with Crippen molar-refractivity contribution < 1.29 is 24.2 Å². The number of carbonyl (C=O) groups is 3. The molecule has 2 rings (SSSR count). The summed E-state index contributed by atoms with van der Waals surface area (Å²) in [5.74, 6) is -1.73. The number of fused-ring (bicyclic) bond motifs is 1. The number of carboxylic acid groups (broad SMARTS) is 1. The fraction of sp³-hybridized carbons (Fsp3) is 0.400. The highest BCUT2D eigenvalue weighted by Gasteiger charge is 2.27. The lowest BCUT2D eigenvalue weighted by atomic mass is 10.1. The second-order valence-electron chi connectivity index (χ2n) is 5.19. The van der Waals surface area contributed by atoms with Crippen LogP contribution in [0, 0.1) is 0 Å². The minimum Gasteiger partial charge on any atom is -0.480 e. The summed E-state index contributed by atoms with van der Waals surface area (Å²) < 4.78 is 5.09. The molecule has 1 amide bonds. The predicted molar refractivity (Wildman–Crippen MR) is 83.8 cm³/mol. The van der Waals surface area contributed by atoms with E-state index < -0.39 is 23.9 Å². The number of halogens is 1. The molecule has 8 heteroatoms. The van der Waals surface area contributed by atoms with E-state index in [1.54, 1.807) is 18.2 Å². The van der Waals surface area contributed by atoms with Crippen LogP contribution in [0.2, 0.25) is 5.02 Å². The van der Waals surface area contributed by atoms with E-state index in [2.05, 4.69) is 5.32 Å². The van der Waals surface area contributed by atoms with E-state index >= 15 is 0 Å². The molecule has 0 fully saturated rings. The van der Waals surface area contributed by atoms with Crippen molar-refractivity contribution in [2.24, 2.45) is 0 Å². The van der Waals surface area contributed by atoms with Crippen molar-refractivity contribution in [3.05, 3.63) is 23.2 Å². The molecule has 7 nitrogen and oxygen atoms in total. The number of carboxylic acids is 1. The van der Waals surface area contributed by atoms with Crippen LogP contribution < -0.4 is 15.0 Å². The van der Waals surface area contributed by atoms with Crippen molar-refractivity contribution in [3.63, 3.8) is 0 Å². The van der Waals surface area contributed by atoms with Gasteiger partial charge in [0.05, 0.1) is 12.2 Å². The standard InChI is InChI=1S/C15H17ClN2O5/c1-2-3-10(15(21)22)17-13(19)7-18-8-14(20)23-12-5-4-9(16)6-11(12)18/h4-6,10H,2-3,7-8H2,1H3,(H,17,19)(H,21,22). The third-order valence-electron chi connectivity index (χ3n) is 3.35. The van der Waals surface area contributed by atoms with E-state index in [0.29, 0.717) is 29.3 Å². The number of carbonyl (C=O) groups excluding carboxylic acids is 2. The summed E-state index contributed by atoms with van der Waals surface area (Å²) in [6, 6.07) is 3.79. The van der Waals surface area contributed by atoms with E-state index in [-0.39, 0.29) is 13.1 Å². The van der Waals surface area contributed by atoms with Crippen LogP contribution in [-0.2, 0) is 14.4 Å². The number of esters is 1. The first-order valence-corrected chi connectivity index (χ1v) is 7.56. The average Bonchev–Trinajstić information content (AvgIpc) is 2.47. The molecule has 1 unspecified atom stereocenters. The Morgan fingerprint density at radius 3 is 2.87 bits per heavy atom. The largest absolute Gasteiger partial charge is 0.480 e. The molecule has 0 aromatic heterocycles. The summed E-state index contributed by atoms with van der Waals surface area (Å²) in [5, 5.41) is 12.0. The van der Waals surface area contributed by atoms with Crippen LogP contribution in [0.25, 0.3) is 0 Å². The number of rotatable bonds is 6. The Labute approximate surface area is 138 Å². The molecule has 1 aliphatic heterocycles. The van der Waals surface area contributed by atoms with Crippen LogP contribution in [0.15, 0.2) is 18.2 Å². The van der Waals surface area contributed by atoms with Crippen molar-refractivity contribution in [2.75, 3.05) is 18.0 Å². The highest BCUT2D eigenvalue weighted by Crippen LogP contribution is 2.34.